The van der Waals surface area contributed by atoms with Gasteiger partial charge in [-0.15, -0.1) is 0 Å². The van der Waals surface area contributed by atoms with E-state index in [-0.39, 0.29) is 0 Å². The predicted molar refractivity (Wildman–Crippen MR) is 41.9 cm³/mol. The minimum absolute atomic E-state index is 0.315. The summed E-state index contributed by atoms with van der Waals surface area (Å²) >= 11 is 0. The Bertz CT molecular complexity index is 196. The molecule has 0 atom stereocenters. The molecule has 4 heteroatoms. The van der Waals surface area contributed by atoms with Crippen LogP contribution in [0.4, 0.5) is 0 Å². The summed E-state index contributed by atoms with van der Waals surface area (Å²) in [4.78, 5) is 10.8. The lowest BCUT2D eigenvalue weighted by atomic mass is 9.97. The Morgan fingerprint density at radius 2 is 2.25 bits per heavy atom. The van der Waals surface area contributed by atoms with Crippen LogP contribution in [-0.4, -0.2) is 36.4 Å². The second-order valence-electron chi connectivity index (χ2n) is 3.70. The van der Waals surface area contributed by atoms with Crippen molar-refractivity contribution in [3.63, 3.8) is 0 Å². The molecule has 4 nitrogen and oxygen atoms in total. The number of aliphatic carboxylic acids is 1. The van der Waals surface area contributed by atoms with Gasteiger partial charge in [-0.3, -0.25) is 10.1 Å². The van der Waals surface area contributed by atoms with E-state index in [1.807, 2.05) is 0 Å². The number of carboxylic acids is 1. The molecule has 1 aliphatic heterocycles. The maximum atomic E-state index is 10.8. The van der Waals surface area contributed by atoms with Crippen LogP contribution >= 0.6 is 0 Å². The quantitative estimate of drug-likeness (QED) is 0.617. The highest BCUT2D eigenvalue weighted by atomic mass is 16.5. The fourth-order valence-corrected chi connectivity index (χ4v) is 1.27. The highest BCUT2D eigenvalue weighted by molar-refractivity contribution is 5.80. The molecule has 2 aliphatic rings. The van der Waals surface area contributed by atoms with Crippen LogP contribution in [0.3, 0.4) is 0 Å². The van der Waals surface area contributed by atoms with Crippen molar-refractivity contribution in [1.29, 1.82) is 0 Å². The monoisotopic (exact) mass is 171 g/mol. The number of nitrogens with one attached hydrogen (secondary N) is 1. The van der Waals surface area contributed by atoms with E-state index in [1.54, 1.807) is 0 Å². The van der Waals surface area contributed by atoms with Gasteiger partial charge in [0.15, 0.2) is 5.54 Å². The minimum atomic E-state index is -0.783. The molecule has 0 aromatic rings. The van der Waals surface area contributed by atoms with Gasteiger partial charge >= 0.3 is 5.97 Å². The second kappa shape index (κ2) is 2.71. The number of hydrogen-bond donors (Lipinski definition) is 2. The summed E-state index contributed by atoms with van der Waals surface area (Å²) in [5, 5.41) is 11.9. The third-order valence-electron chi connectivity index (χ3n) is 2.53. The van der Waals surface area contributed by atoms with E-state index in [0.29, 0.717) is 19.1 Å². The lowest BCUT2D eigenvalue weighted by Crippen LogP contribution is -2.66. The van der Waals surface area contributed by atoms with Gasteiger partial charge in [0.25, 0.3) is 0 Å². The van der Waals surface area contributed by atoms with E-state index in [0.717, 1.165) is 6.54 Å². The second-order valence-corrected chi connectivity index (χ2v) is 3.70. The summed E-state index contributed by atoms with van der Waals surface area (Å²) < 4.78 is 4.91. The minimum Gasteiger partial charge on any atom is -0.480 e. The first kappa shape index (κ1) is 8.01. The Morgan fingerprint density at radius 3 is 2.58 bits per heavy atom. The maximum Gasteiger partial charge on any atom is 0.328 e. The number of hydrogen-bond acceptors (Lipinski definition) is 3. The van der Waals surface area contributed by atoms with Crippen LogP contribution in [0.1, 0.15) is 12.8 Å². The number of carboxylic acid groups (broad SMARTS) is 1. The summed E-state index contributed by atoms with van der Waals surface area (Å²) in [6.45, 7) is 1.46. The highest BCUT2D eigenvalue weighted by Crippen LogP contribution is 2.29. The normalized spacial score (nSPS) is 26.3. The Labute approximate surface area is 70.9 Å². The van der Waals surface area contributed by atoms with Gasteiger partial charge in [0, 0.05) is 0 Å². The molecule has 0 aromatic carbocycles. The SMILES string of the molecule is O=C(O)C1(NCC2CC2)COC1. The molecule has 12 heavy (non-hydrogen) atoms. The van der Waals surface area contributed by atoms with Crippen molar-refractivity contribution in [1.82, 2.24) is 5.32 Å². The Balaban J connectivity index is 1.84. The van der Waals surface area contributed by atoms with Gasteiger partial charge in [-0.25, -0.2) is 0 Å². The molecule has 68 valence electrons. The summed E-state index contributed by atoms with van der Waals surface area (Å²) in [5.74, 6) is -0.0729. The molecule has 2 fully saturated rings. The molecule has 1 saturated heterocycles. The number of ether oxygens (including phenoxy) is 1. The van der Waals surface area contributed by atoms with Gasteiger partial charge in [-0.05, 0) is 25.3 Å². The topological polar surface area (TPSA) is 58.6 Å². The molecule has 2 N–H and O–H groups in total. The first-order valence-electron chi connectivity index (χ1n) is 4.29. The van der Waals surface area contributed by atoms with E-state index in [9.17, 15) is 4.79 Å². The van der Waals surface area contributed by atoms with Gasteiger partial charge in [-0.2, -0.15) is 0 Å². The molecule has 1 heterocycles. The summed E-state index contributed by atoms with van der Waals surface area (Å²) in [6.07, 6.45) is 2.48. The van der Waals surface area contributed by atoms with Gasteiger partial charge in [0.1, 0.15) is 0 Å². The van der Waals surface area contributed by atoms with Crippen LogP contribution < -0.4 is 5.32 Å². The van der Waals surface area contributed by atoms with Crippen LogP contribution in [0.25, 0.3) is 0 Å². The van der Waals surface area contributed by atoms with Crippen LogP contribution in [-0.2, 0) is 9.53 Å². The van der Waals surface area contributed by atoms with Gasteiger partial charge in [0.05, 0.1) is 13.2 Å². The van der Waals surface area contributed by atoms with Crippen LogP contribution in [0.2, 0.25) is 0 Å². The molecule has 0 unspecified atom stereocenters. The van der Waals surface area contributed by atoms with Crippen molar-refractivity contribution in [3.8, 4) is 0 Å². The standard InChI is InChI=1S/C8H13NO3/c10-7(11)8(4-12-5-8)9-3-6-1-2-6/h6,9H,1-5H2,(H,10,11). The lowest BCUT2D eigenvalue weighted by Gasteiger charge is -2.38. The Morgan fingerprint density at radius 1 is 1.58 bits per heavy atom. The van der Waals surface area contributed by atoms with Crippen molar-refractivity contribution in [2.75, 3.05) is 19.8 Å². The molecule has 0 bridgehead atoms. The number of rotatable bonds is 4. The van der Waals surface area contributed by atoms with E-state index < -0.39 is 11.5 Å². The van der Waals surface area contributed by atoms with Crippen molar-refractivity contribution in [2.24, 2.45) is 5.92 Å². The summed E-state index contributed by atoms with van der Waals surface area (Å²) in [6, 6.07) is 0. The summed E-state index contributed by atoms with van der Waals surface area (Å²) in [7, 11) is 0. The van der Waals surface area contributed by atoms with Gasteiger partial charge < -0.3 is 9.84 Å². The molecule has 0 spiro atoms. The molecular formula is C8H13NO3. The molecule has 1 saturated carbocycles. The smallest absolute Gasteiger partial charge is 0.328 e. The fourth-order valence-electron chi connectivity index (χ4n) is 1.27. The van der Waals surface area contributed by atoms with E-state index in [4.69, 9.17) is 9.84 Å². The first-order valence-corrected chi connectivity index (χ1v) is 4.29. The average Bonchev–Trinajstić information content (AvgIpc) is 2.67. The molecule has 2 rings (SSSR count). The zero-order valence-electron chi connectivity index (χ0n) is 6.88. The molecule has 0 amide bonds. The molecular weight excluding hydrogens is 158 g/mol. The zero-order valence-corrected chi connectivity index (χ0v) is 6.88. The molecule has 0 aromatic heterocycles. The number of carbonyl (C=O) groups is 1. The van der Waals surface area contributed by atoms with Crippen molar-refractivity contribution >= 4 is 5.97 Å². The third kappa shape index (κ3) is 1.32. The van der Waals surface area contributed by atoms with E-state index in [1.165, 1.54) is 12.8 Å². The average molecular weight is 171 g/mol. The zero-order chi connectivity index (χ0) is 8.60. The van der Waals surface area contributed by atoms with Crippen LogP contribution in [0.5, 0.6) is 0 Å². The third-order valence-corrected chi connectivity index (χ3v) is 2.53. The largest absolute Gasteiger partial charge is 0.480 e. The van der Waals surface area contributed by atoms with E-state index in [2.05, 4.69) is 5.32 Å². The van der Waals surface area contributed by atoms with Gasteiger partial charge in [0.2, 0.25) is 0 Å². The van der Waals surface area contributed by atoms with Crippen LogP contribution in [0.15, 0.2) is 0 Å². The highest BCUT2D eigenvalue weighted by Gasteiger charge is 2.46. The maximum absolute atomic E-state index is 10.8. The van der Waals surface area contributed by atoms with Crippen molar-refractivity contribution in [3.05, 3.63) is 0 Å². The summed E-state index contributed by atoms with van der Waals surface area (Å²) in [5.41, 5.74) is -0.761. The molecule has 1 aliphatic carbocycles. The lowest BCUT2D eigenvalue weighted by molar-refractivity contribution is -0.166. The molecule has 0 radical (unpaired) electrons. The van der Waals surface area contributed by atoms with E-state index >= 15 is 0 Å². The Hall–Kier alpha value is -0.610. The van der Waals surface area contributed by atoms with Crippen molar-refractivity contribution < 1.29 is 14.6 Å². The van der Waals surface area contributed by atoms with Gasteiger partial charge in [-0.1, -0.05) is 0 Å². The fraction of sp³-hybridized carbons (Fsp3) is 0.875. The Kier molecular flexibility index (Phi) is 1.81. The first-order chi connectivity index (χ1) is 5.73. The van der Waals surface area contributed by atoms with Crippen molar-refractivity contribution in [2.45, 2.75) is 18.4 Å². The predicted octanol–water partition coefficient (Wildman–Crippen LogP) is -0.160. The van der Waals surface area contributed by atoms with Crippen LogP contribution in [0, 0.1) is 5.92 Å².